The van der Waals surface area contributed by atoms with Gasteiger partial charge in [0.1, 0.15) is 11.3 Å². The maximum absolute atomic E-state index is 11.4. The molecule has 0 fully saturated rings. The van der Waals surface area contributed by atoms with Gasteiger partial charge in [-0.15, -0.1) is 0 Å². The lowest BCUT2D eigenvalue weighted by molar-refractivity contribution is 0.100. The monoisotopic (exact) mass is 283 g/mol. The molecule has 2 aromatic heterocycles. The van der Waals surface area contributed by atoms with Crippen molar-refractivity contribution in [3.05, 3.63) is 36.2 Å². The zero-order valence-electron chi connectivity index (χ0n) is 12.2. The second-order valence-corrected chi connectivity index (χ2v) is 6.00. The van der Waals surface area contributed by atoms with Crippen LogP contribution in [0.4, 0.5) is 0 Å². The Balaban J connectivity index is 2.12. The normalized spacial score (nSPS) is 12.0. The third-order valence-electron chi connectivity index (χ3n) is 3.32. The molecule has 21 heavy (non-hydrogen) atoms. The maximum Gasteiger partial charge on any atom is 0.250 e. The molecule has 6 nitrogen and oxygen atoms in total. The zero-order chi connectivity index (χ0) is 15.2. The lowest BCUT2D eigenvalue weighted by atomic mass is 10.1. The van der Waals surface area contributed by atoms with Gasteiger partial charge in [-0.25, -0.2) is 4.98 Å². The quantitative estimate of drug-likeness (QED) is 0.756. The van der Waals surface area contributed by atoms with Crippen LogP contribution >= 0.6 is 0 Å². The molecule has 0 aliphatic heterocycles. The van der Waals surface area contributed by atoms with Gasteiger partial charge in [-0.05, 0) is 32.9 Å². The third-order valence-corrected chi connectivity index (χ3v) is 3.32. The van der Waals surface area contributed by atoms with Gasteiger partial charge in [0, 0.05) is 6.20 Å². The standard InChI is InChI=1S/C15H17N5O/c1-15(2,3)20-8-9(7-17-20)14-18-11-6-4-5-10(13(16)21)12(11)19-14/h4-8H,1-3H3,(H2,16,21)(H,18,19). The Morgan fingerprint density at radius 2 is 2.10 bits per heavy atom. The highest BCUT2D eigenvalue weighted by molar-refractivity contribution is 6.04. The summed E-state index contributed by atoms with van der Waals surface area (Å²) in [4.78, 5) is 19.1. The molecule has 0 aliphatic carbocycles. The van der Waals surface area contributed by atoms with E-state index in [-0.39, 0.29) is 5.54 Å². The number of para-hydroxylation sites is 1. The summed E-state index contributed by atoms with van der Waals surface area (Å²) in [6.45, 7) is 6.23. The van der Waals surface area contributed by atoms with Crippen LogP contribution in [0.5, 0.6) is 0 Å². The number of hydrogen-bond acceptors (Lipinski definition) is 3. The molecule has 108 valence electrons. The van der Waals surface area contributed by atoms with E-state index in [1.54, 1.807) is 18.3 Å². The Morgan fingerprint density at radius 1 is 1.33 bits per heavy atom. The molecule has 2 heterocycles. The second kappa shape index (κ2) is 4.44. The largest absolute Gasteiger partial charge is 0.366 e. The molecule has 3 aromatic rings. The fourth-order valence-electron chi connectivity index (χ4n) is 2.18. The number of benzene rings is 1. The molecular weight excluding hydrogens is 266 g/mol. The van der Waals surface area contributed by atoms with E-state index in [9.17, 15) is 4.79 Å². The highest BCUT2D eigenvalue weighted by Crippen LogP contribution is 2.24. The van der Waals surface area contributed by atoms with E-state index >= 15 is 0 Å². The Morgan fingerprint density at radius 3 is 2.71 bits per heavy atom. The molecule has 0 radical (unpaired) electrons. The minimum Gasteiger partial charge on any atom is -0.366 e. The smallest absolute Gasteiger partial charge is 0.250 e. The highest BCUT2D eigenvalue weighted by Gasteiger charge is 2.17. The van der Waals surface area contributed by atoms with Crippen molar-refractivity contribution in [2.75, 3.05) is 0 Å². The molecule has 0 unspecified atom stereocenters. The first-order chi connectivity index (χ1) is 9.86. The second-order valence-electron chi connectivity index (χ2n) is 6.00. The molecule has 0 aliphatic rings. The summed E-state index contributed by atoms with van der Waals surface area (Å²) in [5.41, 5.74) is 7.94. The number of carbonyl (C=O) groups excluding carboxylic acids is 1. The van der Waals surface area contributed by atoms with Crippen LogP contribution < -0.4 is 5.73 Å². The molecule has 0 spiro atoms. The third kappa shape index (κ3) is 2.29. The van der Waals surface area contributed by atoms with Gasteiger partial charge in [0.05, 0.1) is 28.4 Å². The van der Waals surface area contributed by atoms with Crippen molar-refractivity contribution in [2.24, 2.45) is 5.73 Å². The number of nitrogens with one attached hydrogen (secondary N) is 1. The summed E-state index contributed by atoms with van der Waals surface area (Å²) >= 11 is 0. The summed E-state index contributed by atoms with van der Waals surface area (Å²) < 4.78 is 1.88. The number of aromatic nitrogens is 4. The molecule has 0 saturated carbocycles. The SMILES string of the molecule is CC(C)(C)n1cc(-c2nc3c(C(N)=O)cccc3[nH]2)cn1. The Kier molecular flexibility index (Phi) is 2.83. The molecule has 0 saturated heterocycles. The average Bonchev–Trinajstić information content (AvgIpc) is 3.03. The first-order valence-electron chi connectivity index (χ1n) is 6.70. The summed E-state index contributed by atoms with van der Waals surface area (Å²) in [6, 6.07) is 5.32. The number of amides is 1. The predicted octanol–water partition coefficient (Wildman–Crippen LogP) is 2.28. The van der Waals surface area contributed by atoms with Crippen LogP contribution in [-0.4, -0.2) is 25.7 Å². The summed E-state index contributed by atoms with van der Waals surface area (Å²) in [5, 5.41) is 4.36. The van der Waals surface area contributed by atoms with Crippen molar-refractivity contribution in [3.63, 3.8) is 0 Å². The Labute approximate surface area is 122 Å². The fourth-order valence-corrected chi connectivity index (χ4v) is 2.18. The van der Waals surface area contributed by atoms with Crippen LogP contribution in [0.15, 0.2) is 30.6 Å². The van der Waals surface area contributed by atoms with E-state index in [0.29, 0.717) is 16.9 Å². The number of carbonyl (C=O) groups is 1. The molecular formula is C15H17N5O. The van der Waals surface area contributed by atoms with Crippen LogP contribution in [0, 0.1) is 0 Å². The van der Waals surface area contributed by atoms with Crippen molar-refractivity contribution in [1.82, 2.24) is 19.7 Å². The summed E-state index contributed by atoms with van der Waals surface area (Å²) in [5.74, 6) is 0.193. The molecule has 1 aromatic carbocycles. The van der Waals surface area contributed by atoms with Gasteiger partial charge in [-0.1, -0.05) is 6.07 Å². The van der Waals surface area contributed by atoms with E-state index in [4.69, 9.17) is 5.73 Å². The van der Waals surface area contributed by atoms with Crippen LogP contribution in [0.2, 0.25) is 0 Å². The summed E-state index contributed by atoms with van der Waals surface area (Å²) in [7, 11) is 0. The first-order valence-corrected chi connectivity index (χ1v) is 6.70. The predicted molar refractivity (Wildman–Crippen MR) is 80.8 cm³/mol. The van der Waals surface area contributed by atoms with Gasteiger partial charge in [-0.3, -0.25) is 9.48 Å². The van der Waals surface area contributed by atoms with Gasteiger partial charge in [0.25, 0.3) is 5.91 Å². The minimum absolute atomic E-state index is 0.0946. The number of rotatable bonds is 2. The number of nitrogens with zero attached hydrogens (tertiary/aromatic N) is 3. The molecule has 0 atom stereocenters. The number of hydrogen-bond donors (Lipinski definition) is 2. The van der Waals surface area contributed by atoms with Crippen molar-refractivity contribution in [2.45, 2.75) is 26.3 Å². The molecule has 3 N–H and O–H groups in total. The number of primary amides is 1. The van der Waals surface area contributed by atoms with Gasteiger partial charge in [-0.2, -0.15) is 5.10 Å². The number of nitrogens with two attached hydrogens (primary N) is 1. The average molecular weight is 283 g/mol. The van der Waals surface area contributed by atoms with Crippen LogP contribution in [0.25, 0.3) is 22.4 Å². The summed E-state index contributed by atoms with van der Waals surface area (Å²) in [6.07, 6.45) is 3.69. The van der Waals surface area contributed by atoms with Crippen LogP contribution in [0.1, 0.15) is 31.1 Å². The fraction of sp³-hybridized carbons (Fsp3) is 0.267. The minimum atomic E-state index is -0.482. The molecule has 1 amide bonds. The lowest BCUT2D eigenvalue weighted by Gasteiger charge is -2.18. The number of aromatic amines is 1. The zero-order valence-corrected chi connectivity index (χ0v) is 12.2. The van der Waals surface area contributed by atoms with Gasteiger partial charge >= 0.3 is 0 Å². The van der Waals surface area contributed by atoms with Crippen molar-refractivity contribution in [1.29, 1.82) is 0 Å². The van der Waals surface area contributed by atoms with Gasteiger partial charge < -0.3 is 10.7 Å². The molecule has 0 bridgehead atoms. The van der Waals surface area contributed by atoms with Gasteiger partial charge in [0.2, 0.25) is 0 Å². The van der Waals surface area contributed by atoms with Crippen LogP contribution in [0.3, 0.4) is 0 Å². The van der Waals surface area contributed by atoms with Crippen molar-refractivity contribution in [3.8, 4) is 11.4 Å². The Bertz CT molecular complexity index is 822. The van der Waals surface area contributed by atoms with Gasteiger partial charge in [0.15, 0.2) is 0 Å². The number of fused-ring (bicyclic) bond motifs is 1. The molecule has 3 rings (SSSR count). The lowest BCUT2D eigenvalue weighted by Crippen LogP contribution is -2.21. The highest BCUT2D eigenvalue weighted by atomic mass is 16.1. The van der Waals surface area contributed by atoms with E-state index in [1.807, 2.05) is 16.9 Å². The topological polar surface area (TPSA) is 89.6 Å². The number of imidazole rings is 1. The number of H-pyrrole nitrogens is 1. The Hall–Kier alpha value is -2.63. The van der Waals surface area contributed by atoms with E-state index < -0.39 is 5.91 Å². The van der Waals surface area contributed by atoms with Crippen molar-refractivity contribution >= 4 is 16.9 Å². The van der Waals surface area contributed by atoms with E-state index in [2.05, 4.69) is 35.8 Å². The first kappa shape index (κ1) is 13.4. The maximum atomic E-state index is 11.4. The molecule has 6 heteroatoms. The van der Waals surface area contributed by atoms with E-state index in [0.717, 1.165) is 11.1 Å². The van der Waals surface area contributed by atoms with Crippen molar-refractivity contribution < 1.29 is 4.79 Å². The van der Waals surface area contributed by atoms with Crippen LogP contribution in [-0.2, 0) is 5.54 Å². The van der Waals surface area contributed by atoms with E-state index in [1.165, 1.54) is 0 Å².